The SMILES string of the molecule is Cc1ccsc1CN(CC(=O)NCc1cccc(Cl)c1)C(C)C. The third kappa shape index (κ3) is 5.65. The molecule has 1 aromatic heterocycles. The van der Waals surface area contributed by atoms with E-state index in [1.807, 2.05) is 24.3 Å². The molecule has 0 bridgehead atoms. The predicted molar refractivity (Wildman–Crippen MR) is 97.9 cm³/mol. The van der Waals surface area contributed by atoms with Gasteiger partial charge in [-0.3, -0.25) is 9.69 Å². The van der Waals surface area contributed by atoms with E-state index in [2.05, 4.69) is 42.4 Å². The molecule has 2 rings (SSSR count). The normalized spacial score (nSPS) is 11.2. The molecule has 1 amide bonds. The first-order valence-electron chi connectivity index (χ1n) is 7.74. The van der Waals surface area contributed by atoms with Crippen LogP contribution in [-0.4, -0.2) is 23.4 Å². The number of amides is 1. The lowest BCUT2D eigenvalue weighted by Gasteiger charge is -2.25. The van der Waals surface area contributed by atoms with Crippen molar-refractivity contribution in [1.29, 1.82) is 0 Å². The van der Waals surface area contributed by atoms with Gasteiger partial charge in [0.05, 0.1) is 6.54 Å². The van der Waals surface area contributed by atoms with Gasteiger partial charge in [0.15, 0.2) is 0 Å². The second-order valence-corrected chi connectivity index (χ2v) is 7.37. The fraction of sp³-hybridized carbons (Fsp3) is 0.389. The number of rotatable bonds is 7. The van der Waals surface area contributed by atoms with Gasteiger partial charge < -0.3 is 5.32 Å². The van der Waals surface area contributed by atoms with Crippen LogP contribution in [-0.2, 0) is 17.9 Å². The van der Waals surface area contributed by atoms with Crippen molar-refractivity contribution in [2.45, 2.75) is 39.9 Å². The Labute approximate surface area is 147 Å². The quantitative estimate of drug-likeness (QED) is 0.810. The minimum atomic E-state index is 0.0351. The van der Waals surface area contributed by atoms with Gasteiger partial charge >= 0.3 is 0 Å². The van der Waals surface area contributed by atoms with Gasteiger partial charge in [-0.1, -0.05) is 23.7 Å². The first kappa shape index (κ1) is 18.0. The lowest BCUT2D eigenvalue weighted by atomic mass is 10.2. The molecule has 5 heteroatoms. The van der Waals surface area contributed by atoms with Crippen LogP contribution in [0.15, 0.2) is 35.7 Å². The van der Waals surface area contributed by atoms with Crippen LogP contribution in [0, 0.1) is 6.92 Å². The Kier molecular flexibility index (Phi) is 6.63. The van der Waals surface area contributed by atoms with Crippen molar-refractivity contribution in [3.05, 3.63) is 56.7 Å². The summed E-state index contributed by atoms with van der Waals surface area (Å²) < 4.78 is 0. The molecule has 0 saturated heterocycles. The maximum absolute atomic E-state index is 12.2. The van der Waals surface area contributed by atoms with Crippen LogP contribution < -0.4 is 5.32 Å². The number of halogens is 1. The Balaban J connectivity index is 1.89. The van der Waals surface area contributed by atoms with E-state index in [-0.39, 0.29) is 5.91 Å². The van der Waals surface area contributed by atoms with E-state index < -0.39 is 0 Å². The third-order valence-corrected chi connectivity index (χ3v) is 5.01. The number of hydrogen-bond acceptors (Lipinski definition) is 3. The highest BCUT2D eigenvalue weighted by Gasteiger charge is 2.16. The maximum Gasteiger partial charge on any atom is 0.234 e. The summed E-state index contributed by atoms with van der Waals surface area (Å²) in [5, 5.41) is 5.76. The van der Waals surface area contributed by atoms with Crippen LogP contribution in [0.25, 0.3) is 0 Å². The van der Waals surface area contributed by atoms with Gasteiger partial charge in [0.2, 0.25) is 5.91 Å². The predicted octanol–water partition coefficient (Wildman–Crippen LogP) is 4.24. The summed E-state index contributed by atoms with van der Waals surface area (Å²) in [7, 11) is 0. The van der Waals surface area contributed by atoms with E-state index in [4.69, 9.17) is 11.6 Å². The molecule has 23 heavy (non-hydrogen) atoms. The van der Waals surface area contributed by atoms with Crippen molar-refractivity contribution in [2.24, 2.45) is 0 Å². The minimum Gasteiger partial charge on any atom is -0.351 e. The molecule has 124 valence electrons. The highest BCUT2D eigenvalue weighted by Crippen LogP contribution is 2.19. The molecule has 3 nitrogen and oxygen atoms in total. The Bertz CT molecular complexity index is 654. The summed E-state index contributed by atoms with van der Waals surface area (Å²) in [5.41, 5.74) is 2.30. The van der Waals surface area contributed by atoms with Crippen molar-refractivity contribution in [1.82, 2.24) is 10.2 Å². The van der Waals surface area contributed by atoms with Crippen molar-refractivity contribution in [3.8, 4) is 0 Å². The van der Waals surface area contributed by atoms with Crippen LogP contribution in [0.4, 0.5) is 0 Å². The summed E-state index contributed by atoms with van der Waals surface area (Å²) in [6.45, 7) is 8.06. The highest BCUT2D eigenvalue weighted by molar-refractivity contribution is 7.10. The topological polar surface area (TPSA) is 32.3 Å². The molecule has 2 aromatic rings. The number of carbonyl (C=O) groups is 1. The number of nitrogens with one attached hydrogen (secondary N) is 1. The lowest BCUT2D eigenvalue weighted by Crippen LogP contribution is -2.40. The highest BCUT2D eigenvalue weighted by atomic mass is 35.5. The molecule has 1 heterocycles. The van der Waals surface area contributed by atoms with Crippen LogP contribution in [0.5, 0.6) is 0 Å². The Morgan fingerprint density at radius 3 is 2.74 bits per heavy atom. The molecule has 0 unspecified atom stereocenters. The third-order valence-electron chi connectivity index (χ3n) is 3.77. The molecule has 0 saturated carbocycles. The van der Waals surface area contributed by atoms with E-state index >= 15 is 0 Å². The second kappa shape index (κ2) is 8.48. The van der Waals surface area contributed by atoms with E-state index in [1.54, 1.807) is 11.3 Å². The van der Waals surface area contributed by atoms with Gasteiger partial charge in [0.25, 0.3) is 0 Å². The summed E-state index contributed by atoms with van der Waals surface area (Å²) >= 11 is 7.71. The molecule has 0 aliphatic rings. The molecular weight excluding hydrogens is 328 g/mol. The number of thiophene rings is 1. The standard InChI is InChI=1S/C18H23ClN2OS/c1-13(2)21(11-17-14(3)7-8-23-17)12-18(22)20-10-15-5-4-6-16(19)9-15/h4-9,13H,10-12H2,1-3H3,(H,20,22). The van der Waals surface area contributed by atoms with Gasteiger partial charge in [0.1, 0.15) is 0 Å². The summed E-state index contributed by atoms with van der Waals surface area (Å²) in [6, 6.07) is 9.99. The van der Waals surface area contributed by atoms with E-state index in [0.29, 0.717) is 24.2 Å². The zero-order chi connectivity index (χ0) is 16.8. The Morgan fingerprint density at radius 2 is 2.13 bits per heavy atom. The second-order valence-electron chi connectivity index (χ2n) is 5.93. The molecule has 0 fully saturated rings. The first-order chi connectivity index (χ1) is 11.0. The van der Waals surface area contributed by atoms with Gasteiger partial charge in [-0.05, 0) is 55.5 Å². The van der Waals surface area contributed by atoms with Crippen molar-refractivity contribution < 1.29 is 4.79 Å². The zero-order valence-electron chi connectivity index (χ0n) is 13.8. The van der Waals surface area contributed by atoms with Gasteiger partial charge in [-0.25, -0.2) is 0 Å². The fourth-order valence-corrected chi connectivity index (χ4v) is 3.40. The first-order valence-corrected chi connectivity index (χ1v) is 8.99. The molecule has 0 spiro atoms. The number of aryl methyl sites for hydroxylation is 1. The van der Waals surface area contributed by atoms with Crippen LogP contribution in [0.1, 0.15) is 29.9 Å². The average Bonchev–Trinajstić information content (AvgIpc) is 2.90. The summed E-state index contributed by atoms with van der Waals surface area (Å²) in [4.78, 5) is 15.8. The molecule has 0 aliphatic carbocycles. The van der Waals surface area contributed by atoms with Crippen molar-refractivity contribution in [3.63, 3.8) is 0 Å². The van der Waals surface area contributed by atoms with Gasteiger partial charge in [-0.15, -0.1) is 11.3 Å². The Hall–Kier alpha value is -1.36. The molecule has 1 aromatic carbocycles. The fourth-order valence-electron chi connectivity index (χ4n) is 2.26. The van der Waals surface area contributed by atoms with Crippen molar-refractivity contribution >= 4 is 28.8 Å². The zero-order valence-corrected chi connectivity index (χ0v) is 15.4. The van der Waals surface area contributed by atoms with Crippen molar-refractivity contribution in [2.75, 3.05) is 6.54 Å². The molecular formula is C18H23ClN2OS. The van der Waals surface area contributed by atoms with Gasteiger partial charge in [0, 0.05) is 29.0 Å². The number of hydrogen-bond donors (Lipinski definition) is 1. The Morgan fingerprint density at radius 1 is 1.35 bits per heavy atom. The van der Waals surface area contributed by atoms with Gasteiger partial charge in [-0.2, -0.15) is 0 Å². The van der Waals surface area contributed by atoms with Crippen LogP contribution >= 0.6 is 22.9 Å². The maximum atomic E-state index is 12.2. The summed E-state index contributed by atoms with van der Waals surface area (Å²) in [5.74, 6) is 0.0351. The van der Waals surface area contributed by atoms with Crippen LogP contribution in [0.2, 0.25) is 5.02 Å². The summed E-state index contributed by atoms with van der Waals surface area (Å²) in [6.07, 6.45) is 0. The van der Waals surface area contributed by atoms with Crippen LogP contribution in [0.3, 0.4) is 0 Å². The minimum absolute atomic E-state index is 0.0351. The lowest BCUT2D eigenvalue weighted by molar-refractivity contribution is -0.123. The molecule has 0 radical (unpaired) electrons. The van der Waals surface area contributed by atoms with E-state index in [0.717, 1.165) is 12.1 Å². The molecule has 0 atom stereocenters. The monoisotopic (exact) mass is 350 g/mol. The number of nitrogens with zero attached hydrogens (tertiary/aromatic N) is 1. The number of benzene rings is 1. The van der Waals surface area contributed by atoms with E-state index in [1.165, 1.54) is 10.4 Å². The average molecular weight is 351 g/mol. The molecule has 0 aliphatic heterocycles. The molecule has 1 N–H and O–H groups in total. The smallest absolute Gasteiger partial charge is 0.234 e. The largest absolute Gasteiger partial charge is 0.351 e. The number of carbonyl (C=O) groups excluding carboxylic acids is 1. The van der Waals surface area contributed by atoms with E-state index in [9.17, 15) is 4.79 Å².